The van der Waals surface area contributed by atoms with Gasteiger partial charge in [0.25, 0.3) is 0 Å². The molecule has 0 aliphatic heterocycles. The van der Waals surface area contributed by atoms with E-state index in [0.29, 0.717) is 54.0 Å². The smallest absolute Gasteiger partial charge is 0.142 e. The zero-order valence-electron chi connectivity index (χ0n) is 25.1. The summed E-state index contributed by atoms with van der Waals surface area (Å²) in [5.74, 6) is 1.17. The highest BCUT2D eigenvalue weighted by Gasteiger charge is 2.23. The van der Waals surface area contributed by atoms with Crippen molar-refractivity contribution < 1.29 is 19.7 Å². The zero-order valence-corrected chi connectivity index (χ0v) is 25.9. The number of nitrogens with two attached hydrogens (primary N) is 1. The lowest BCUT2D eigenvalue weighted by atomic mass is 10.0. The van der Waals surface area contributed by atoms with E-state index in [9.17, 15) is 10.2 Å². The van der Waals surface area contributed by atoms with Crippen LogP contribution in [0, 0.1) is 0 Å². The summed E-state index contributed by atoms with van der Waals surface area (Å²) >= 11 is 6.62. The molecule has 0 bridgehead atoms. The molecule has 0 fully saturated rings. The van der Waals surface area contributed by atoms with E-state index in [4.69, 9.17) is 26.8 Å². The van der Waals surface area contributed by atoms with E-state index in [0.717, 1.165) is 22.3 Å². The van der Waals surface area contributed by atoms with Crippen molar-refractivity contribution in [1.82, 2.24) is 4.90 Å². The molecule has 45 heavy (non-hydrogen) atoms. The predicted octanol–water partition coefficient (Wildman–Crippen LogP) is 7.22. The molecule has 0 aromatic heterocycles. The Morgan fingerprint density at radius 2 is 1.22 bits per heavy atom. The Bertz CT molecular complexity index is 1620. The molecule has 5 aromatic rings. The van der Waals surface area contributed by atoms with E-state index in [1.54, 1.807) is 12.1 Å². The van der Waals surface area contributed by atoms with Gasteiger partial charge < -0.3 is 25.4 Å². The molecule has 6 nitrogen and oxygen atoms in total. The number of hydrogen-bond acceptors (Lipinski definition) is 6. The minimum absolute atomic E-state index is 0.0994. The molecule has 0 spiro atoms. The molecule has 0 radical (unpaired) electrons. The molecule has 5 rings (SSSR count). The first kappa shape index (κ1) is 32.1. The molecule has 0 aliphatic carbocycles. The van der Waals surface area contributed by atoms with Gasteiger partial charge in [0.1, 0.15) is 24.7 Å². The van der Waals surface area contributed by atoms with Crippen LogP contribution in [0.2, 0.25) is 5.02 Å². The highest BCUT2D eigenvalue weighted by Crippen LogP contribution is 2.30. The van der Waals surface area contributed by atoms with E-state index >= 15 is 0 Å². The average molecular weight is 623 g/mol. The molecule has 0 aliphatic rings. The summed E-state index contributed by atoms with van der Waals surface area (Å²) in [6, 6.07) is 40.7. The Kier molecular flexibility index (Phi) is 11.5. The molecule has 0 unspecified atom stereocenters. The largest absolute Gasteiger partial charge is 0.487 e. The maximum Gasteiger partial charge on any atom is 0.142 e. The molecule has 232 valence electrons. The normalized spacial score (nSPS) is 12.5. The Morgan fingerprint density at radius 3 is 1.78 bits per heavy atom. The van der Waals surface area contributed by atoms with Crippen molar-refractivity contribution in [3.8, 4) is 11.5 Å². The van der Waals surface area contributed by atoms with E-state index in [1.807, 2.05) is 115 Å². The van der Waals surface area contributed by atoms with Gasteiger partial charge in [0.15, 0.2) is 0 Å². The topological polar surface area (TPSA) is 88.2 Å². The van der Waals surface area contributed by atoms with Crippen LogP contribution >= 0.6 is 11.6 Å². The summed E-state index contributed by atoms with van der Waals surface area (Å²) in [5, 5.41) is 22.5. The van der Waals surface area contributed by atoms with Crippen LogP contribution in [-0.4, -0.2) is 34.3 Å². The van der Waals surface area contributed by atoms with Crippen LogP contribution < -0.4 is 15.2 Å². The van der Waals surface area contributed by atoms with Gasteiger partial charge in [-0.3, -0.25) is 4.90 Å². The highest BCUT2D eigenvalue weighted by atomic mass is 35.5. The quantitative estimate of drug-likeness (QED) is 0.107. The molecule has 0 amide bonds. The number of nitrogen functional groups attached to an aromatic ring is 1. The van der Waals surface area contributed by atoms with Crippen molar-refractivity contribution in [2.24, 2.45) is 0 Å². The third-order valence-corrected chi connectivity index (χ3v) is 8.02. The number of halogens is 1. The monoisotopic (exact) mass is 622 g/mol. The summed E-state index contributed by atoms with van der Waals surface area (Å²) in [6.07, 6.45) is -0.311. The number of nitrogens with zero attached hydrogens (tertiary/aromatic N) is 1. The summed E-state index contributed by atoms with van der Waals surface area (Å²) in [4.78, 5) is 2.10. The first-order valence-electron chi connectivity index (χ1n) is 15.1. The average Bonchev–Trinajstić information content (AvgIpc) is 3.07. The molecule has 4 N–H and O–H groups in total. The van der Waals surface area contributed by atoms with E-state index in [-0.39, 0.29) is 19.2 Å². The second-order valence-electron chi connectivity index (χ2n) is 11.1. The van der Waals surface area contributed by atoms with Gasteiger partial charge >= 0.3 is 0 Å². The Labute approximate surface area is 270 Å². The Morgan fingerprint density at radius 1 is 0.667 bits per heavy atom. The SMILES string of the molecule is Nc1cc([C@@H](O)CN(Cc2ccccc2)[C@H](CO)Cc2ccc(OCc3ccccc3)c(Cl)c2)ccc1OCc1ccccc1. The maximum atomic E-state index is 11.4. The molecular weight excluding hydrogens is 584 g/mol. The van der Waals surface area contributed by atoms with Crippen LogP contribution in [-0.2, 0) is 26.2 Å². The van der Waals surface area contributed by atoms with Gasteiger partial charge in [-0.15, -0.1) is 0 Å². The Balaban J connectivity index is 1.28. The van der Waals surface area contributed by atoms with Crippen LogP contribution in [0.4, 0.5) is 5.69 Å². The summed E-state index contributed by atoms with van der Waals surface area (Å²) in [5.41, 5.74) is 11.6. The van der Waals surface area contributed by atoms with Crippen LogP contribution in [0.5, 0.6) is 11.5 Å². The van der Waals surface area contributed by atoms with Crippen molar-refractivity contribution in [1.29, 1.82) is 0 Å². The number of ether oxygens (including phenoxy) is 2. The Hall–Kier alpha value is -4.33. The van der Waals surface area contributed by atoms with Crippen LogP contribution in [0.1, 0.15) is 33.9 Å². The van der Waals surface area contributed by atoms with E-state index in [2.05, 4.69) is 4.90 Å². The second kappa shape index (κ2) is 16.1. The number of hydrogen-bond donors (Lipinski definition) is 3. The third-order valence-electron chi connectivity index (χ3n) is 7.72. The number of aliphatic hydroxyl groups is 2. The lowest BCUT2D eigenvalue weighted by Crippen LogP contribution is -2.41. The molecule has 5 aromatic carbocycles. The first-order chi connectivity index (χ1) is 22.0. The van der Waals surface area contributed by atoms with Crippen molar-refractivity contribution in [2.75, 3.05) is 18.9 Å². The molecule has 0 saturated carbocycles. The molecular formula is C38H39ClN2O4. The zero-order chi connectivity index (χ0) is 31.4. The van der Waals surface area contributed by atoms with Gasteiger partial charge in [0.05, 0.1) is 23.4 Å². The van der Waals surface area contributed by atoms with Gasteiger partial charge in [-0.2, -0.15) is 0 Å². The van der Waals surface area contributed by atoms with E-state index in [1.165, 1.54) is 0 Å². The standard InChI is InChI=1S/C38H39ClN2O4/c39-34-21-31(16-18-37(34)44-26-29-12-6-2-7-13-29)20-33(25-42)41(23-28-10-4-1-5-11-28)24-36(43)32-17-19-38(35(40)22-32)45-27-30-14-8-3-9-15-30/h1-19,21-22,33,36,42-43H,20,23-27,40H2/t33-,36-/m0/s1. The number of aliphatic hydroxyl groups excluding tert-OH is 2. The lowest BCUT2D eigenvalue weighted by molar-refractivity contribution is 0.0566. The highest BCUT2D eigenvalue weighted by molar-refractivity contribution is 6.32. The predicted molar refractivity (Wildman–Crippen MR) is 180 cm³/mol. The summed E-state index contributed by atoms with van der Waals surface area (Å²) in [6.45, 7) is 1.56. The molecule has 0 heterocycles. The molecule has 7 heteroatoms. The van der Waals surface area contributed by atoms with Crippen molar-refractivity contribution in [3.05, 3.63) is 160 Å². The fraction of sp³-hybridized carbons (Fsp3) is 0.211. The third kappa shape index (κ3) is 9.33. The lowest BCUT2D eigenvalue weighted by Gasteiger charge is -2.33. The number of anilines is 1. The summed E-state index contributed by atoms with van der Waals surface area (Å²) in [7, 11) is 0. The van der Waals surface area contributed by atoms with Gasteiger partial charge in [0.2, 0.25) is 0 Å². The van der Waals surface area contributed by atoms with Gasteiger partial charge in [-0.1, -0.05) is 115 Å². The molecule has 2 atom stereocenters. The molecule has 0 saturated heterocycles. The van der Waals surface area contributed by atoms with Crippen LogP contribution in [0.15, 0.2) is 127 Å². The second-order valence-corrected chi connectivity index (χ2v) is 11.5. The summed E-state index contributed by atoms with van der Waals surface area (Å²) < 4.78 is 11.9. The fourth-order valence-electron chi connectivity index (χ4n) is 5.23. The van der Waals surface area contributed by atoms with Crippen molar-refractivity contribution in [2.45, 2.75) is 38.3 Å². The number of rotatable bonds is 15. The van der Waals surface area contributed by atoms with Crippen LogP contribution in [0.3, 0.4) is 0 Å². The van der Waals surface area contributed by atoms with E-state index < -0.39 is 6.10 Å². The van der Waals surface area contributed by atoms with Gasteiger partial charge in [-0.25, -0.2) is 0 Å². The van der Waals surface area contributed by atoms with Crippen molar-refractivity contribution in [3.63, 3.8) is 0 Å². The number of benzene rings is 5. The minimum Gasteiger partial charge on any atom is -0.487 e. The first-order valence-corrected chi connectivity index (χ1v) is 15.4. The van der Waals surface area contributed by atoms with Crippen LogP contribution in [0.25, 0.3) is 0 Å². The van der Waals surface area contributed by atoms with Gasteiger partial charge in [-0.05, 0) is 58.5 Å². The fourth-order valence-corrected chi connectivity index (χ4v) is 5.49. The maximum absolute atomic E-state index is 11.4. The van der Waals surface area contributed by atoms with Crippen molar-refractivity contribution >= 4 is 17.3 Å². The minimum atomic E-state index is -0.842. The van der Waals surface area contributed by atoms with Gasteiger partial charge in [0, 0.05) is 19.1 Å².